The van der Waals surface area contributed by atoms with Crippen LogP contribution in [-0.2, 0) is 18.0 Å². The third-order valence-electron chi connectivity index (χ3n) is 3.56. The molecule has 2 nitrogen and oxygen atoms in total. The third kappa shape index (κ3) is 2.27. The molecular formula is C16H15FO2. The van der Waals surface area contributed by atoms with E-state index < -0.39 is 6.10 Å². The third-order valence-corrected chi connectivity index (χ3v) is 3.56. The van der Waals surface area contributed by atoms with Gasteiger partial charge in [0.05, 0.1) is 13.2 Å². The first kappa shape index (κ1) is 12.3. The standard InChI is InChI=1S/C16H15FO2/c1-10-6-11(4-5-15(10)17)16(18)12-2-3-13-8-19-9-14(13)7-12/h2-7,16,18H,8-9H2,1H3. The molecule has 1 heterocycles. The van der Waals surface area contributed by atoms with Crippen molar-refractivity contribution in [3.05, 3.63) is 70.0 Å². The molecule has 0 aromatic heterocycles. The first-order valence-corrected chi connectivity index (χ1v) is 6.29. The maximum Gasteiger partial charge on any atom is 0.126 e. The van der Waals surface area contributed by atoms with Crippen LogP contribution in [0.3, 0.4) is 0 Å². The van der Waals surface area contributed by atoms with E-state index in [1.54, 1.807) is 19.1 Å². The van der Waals surface area contributed by atoms with E-state index in [9.17, 15) is 9.50 Å². The minimum Gasteiger partial charge on any atom is -0.384 e. The van der Waals surface area contributed by atoms with E-state index >= 15 is 0 Å². The van der Waals surface area contributed by atoms with E-state index in [0.29, 0.717) is 24.3 Å². The summed E-state index contributed by atoms with van der Waals surface area (Å²) in [6, 6.07) is 10.5. The monoisotopic (exact) mass is 258 g/mol. The van der Waals surface area contributed by atoms with Crippen LogP contribution in [0.4, 0.5) is 4.39 Å². The van der Waals surface area contributed by atoms with Gasteiger partial charge in [0.2, 0.25) is 0 Å². The molecule has 0 bridgehead atoms. The molecule has 0 amide bonds. The Kier molecular flexibility index (Phi) is 3.09. The summed E-state index contributed by atoms with van der Waals surface area (Å²) < 4.78 is 18.6. The van der Waals surface area contributed by atoms with Gasteiger partial charge in [0.25, 0.3) is 0 Å². The fourth-order valence-corrected chi connectivity index (χ4v) is 2.39. The van der Waals surface area contributed by atoms with E-state index in [2.05, 4.69) is 0 Å². The molecular weight excluding hydrogens is 243 g/mol. The lowest BCUT2D eigenvalue weighted by atomic mass is 9.97. The Labute approximate surface area is 111 Å². The highest BCUT2D eigenvalue weighted by Gasteiger charge is 2.16. The summed E-state index contributed by atoms with van der Waals surface area (Å²) in [7, 11) is 0. The number of hydrogen-bond acceptors (Lipinski definition) is 2. The summed E-state index contributed by atoms with van der Waals surface area (Å²) in [5.41, 5.74) is 4.36. The van der Waals surface area contributed by atoms with E-state index in [4.69, 9.17) is 4.74 Å². The maximum absolute atomic E-state index is 13.2. The molecule has 3 rings (SSSR count). The van der Waals surface area contributed by atoms with Crippen LogP contribution in [0.25, 0.3) is 0 Å². The number of hydrogen-bond donors (Lipinski definition) is 1. The lowest BCUT2D eigenvalue weighted by Crippen LogP contribution is -2.01. The van der Waals surface area contributed by atoms with Crippen molar-refractivity contribution in [2.45, 2.75) is 26.2 Å². The molecule has 0 saturated carbocycles. The molecule has 1 aliphatic rings. The van der Waals surface area contributed by atoms with Crippen LogP contribution in [0.1, 0.15) is 33.9 Å². The summed E-state index contributed by atoms with van der Waals surface area (Å²) >= 11 is 0. The van der Waals surface area contributed by atoms with Crippen LogP contribution in [0, 0.1) is 12.7 Å². The first-order chi connectivity index (χ1) is 9.15. The molecule has 1 N–H and O–H groups in total. The number of aliphatic hydroxyl groups excluding tert-OH is 1. The Morgan fingerprint density at radius 1 is 1.05 bits per heavy atom. The van der Waals surface area contributed by atoms with Gasteiger partial charge >= 0.3 is 0 Å². The number of ether oxygens (including phenoxy) is 1. The Morgan fingerprint density at radius 3 is 2.53 bits per heavy atom. The van der Waals surface area contributed by atoms with Crippen LogP contribution in [-0.4, -0.2) is 5.11 Å². The lowest BCUT2D eigenvalue weighted by Gasteiger charge is -2.13. The number of rotatable bonds is 2. The highest BCUT2D eigenvalue weighted by Crippen LogP contribution is 2.28. The van der Waals surface area contributed by atoms with Crippen LogP contribution >= 0.6 is 0 Å². The zero-order valence-corrected chi connectivity index (χ0v) is 10.7. The van der Waals surface area contributed by atoms with Gasteiger partial charge in [0.1, 0.15) is 11.9 Å². The quantitative estimate of drug-likeness (QED) is 0.896. The second kappa shape index (κ2) is 4.76. The fourth-order valence-electron chi connectivity index (χ4n) is 2.39. The number of aliphatic hydroxyl groups is 1. The zero-order valence-electron chi connectivity index (χ0n) is 10.7. The minimum atomic E-state index is -0.731. The molecule has 98 valence electrons. The molecule has 0 saturated heterocycles. The molecule has 1 atom stereocenters. The van der Waals surface area contributed by atoms with E-state index in [1.807, 2.05) is 18.2 Å². The summed E-state index contributed by atoms with van der Waals surface area (Å²) in [5, 5.41) is 10.4. The van der Waals surface area contributed by atoms with Crippen molar-refractivity contribution in [2.75, 3.05) is 0 Å². The average Bonchev–Trinajstić information content (AvgIpc) is 2.88. The van der Waals surface area contributed by atoms with Gasteiger partial charge in [-0.15, -0.1) is 0 Å². The fraction of sp³-hybridized carbons (Fsp3) is 0.250. The van der Waals surface area contributed by atoms with Crippen molar-refractivity contribution in [3.8, 4) is 0 Å². The maximum atomic E-state index is 13.2. The van der Waals surface area contributed by atoms with Crippen LogP contribution in [0.15, 0.2) is 36.4 Å². The normalized spacial score (nSPS) is 15.3. The van der Waals surface area contributed by atoms with Crippen molar-refractivity contribution < 1.29 is 14.2 Å². The van der Waals surface area contributed by atoms with Crippen molar-refractivity contribution in [1.29, 1.82) is 0 Å². The van der Waals surface area contributed by atoms with Gasteiger partial charge in [0.15, 0.2) is 0 Å². The predicted molar refractivity (Wildman–Crippen MR) is 70.1 cm³/mol. The summed E-state index contributed by atoms with van der Waals surface area (Å²) in [5.74, 6) is -0.252. The van der Waals surface area contributed by atoms with Crippen molar-refractivity contribution >= 4 is 0 Å². The largest absolute Gasteiger partial charge is 0.384 e. The highest BCUT2D eigenvalue weighted by atomic mass is 19.1. The smallest absolute Gasteiger partial charge is 0.126 e. The van der Waals surface area contributed by atoms with Gasteiger partial charge in [-0.05, 0) is 40.8 Å². The SMILES string of the molecule is Cc1cc(C(O)c2ccc3c(c2)COC3)ccc1F. The zero-order chi connectivity index (χ0) is 13.4. The molecule has 3 heteroatoms. The molecule has 1 unspecified atom stereocenters. The van der Waals surface area contributed by atoms with Gasteiger partial charge < -0.3 is 9.84 Å². The summed E-state index contributed by atoms with van der Waals surface area (Å²) in [4.78, 5) is 0. The highest BCUT2D eigenvalue weighted by molar-refractivity contribution is 5.38. The molecule has 2 aromatic carbocycles. The molecule has 0 radical (unpaired) electrons. The summed E-state index contributed by atoms with van der Waals surface area (Å²) in [6.45, 7) is 2.93. The van der Waals surface area contributed by atoms with Gasteiger partial charge in [-0.1, -0.05) is 30.3 Å². The lowest BCUT2D eigenvalue weighted by molar-refractivity contribution is 0.134. The molecule has 0 fully saturated rings. The van der Waals surface area contributed by atoms with E-state index in [0.717, 1.165) is 11.1 Å². The predicted octanol–water partition coefficient (Wildman–Crippen LogP) is 3.25. The Hall–Kier alpha value is -1.71. The summed E-state index contributed by atoms with van der Waals surface area (Å²) in [6.07, 6.45) is -0.731. The van der Waals surface area contributed by atoms with Gasteiger partial charge in [-0.25, -0.2) is 4.39 Å². The Balaban J connectivity index is 1.94. The van der Waals surface area contributed by atoms with Crippen molar-refractivity contribution in [3.63, 3.8) is 0 Å². The van der Waals surface area contributed by atoms with Crippen molar-refractivity contribution in [1.82, 2.24) is 0 Å². The Morgan fingerprint density at radius 2 is 1.74 bits per heavy atom. The van der Waals surface area contributed by atoms with Crippen LogP contribution in [0.5, 0.6) is 0 Å². The van der Waals surface area contributed by atoms with Crippen LogP contribution in [0.2, 0.25) is 0 Å². The molecule has 1 aliphatic heterocycles. The average molecular weight is 258 g/mol. The minimum absolute atomic E-state index is 0.252. The van der Waals surface area contributed by atoms with Crippen LogP contribution < -0.4 is 0 Å². The topological polar surface area (TPSA) is 29.5 Å². The van der Waals surface area contributed by atoms with Gasteiger partial charge in [-0.2, -0.15) is 0 Å². The Bertz CT molecular complexity index is 622. The molecule has 19 heavy (non-hydrogen) atoms. The first-order valence-electron chi connectivity index (χ1n) is 6.29. The number of fused-ring (bicyclic) bond motifs is 1. The second-order valence-electron chi connectivity index (χ2n) is 4.93. The molecule has 0 aliphatic carbocycles. The van der Waals surface area contributed by atoms with Gasteiger partial charge in [-0.3, -0.25) is 0 Å². The van der Waals surface area contributed by atoms with Crippen molar-refractivity contribution in [2.24, 2.45) is 0 Å². The molecule has 0 spiro atoms. The number of halogens is 1. The molecule has 2 aromatic rings. The number of benzene rings is 2. The second-order valence-corrected chi connectivity index (χ2v) is 4.93. The number of aryl methyl sites for hydroxylation is 1. The van der Waals surface area contributed by atoms with E-state index in [1.165, 1.54) is 11.6 Å². The van der Waals surface area contributed by atoms with E-state index in [-0.39, 0.29) is 5.82 Å². The van der Waals surface area contributed by atoms with Gasteiger partial charge in [0, 0.05) is 0 Å².